The molecule has 2 aromatic heterocycles. The molecule has 2 aromatic carbocycles. The molecule has 114 valence electrons. The molecule has 0 saturated carbocycles. The number of imidazole rings is 1. The number of para-hydroxylation sites is 1. The lowest BCUT2D eigenvalue weighted by Gasteiger charge is -2.01. The van der Waals surface area contributed by atoms with E-state index >= 15 is 0 Å². The molecule has 2 heterocycles. The zero-order valence-electron chi connectivity index (χ0n) is 11.9. The van der Waals surface area contributed by atoms with Crippen molar-refractivity contribution in [3.63, 3.8) is 0 Å². The summed E-state index contributed by atoms with van der Waals surface area (Å²) in [7, 11) is 0. The summed E-state index contributed by atoms with van der Waals surface area (Å²) in [6, 6.07) is 15.8. The molecular weight excluding hydrogens is 349 g/mol. The minimum absolute atomic E-state index is 0.512. The van der Waals surface area contributed by atoms with Crippen molar-refractivity contribution in [2.45, 2.75) is 10.9 Å². The number of hydrogen-bond donors (Lipinski definition) is 1. The molecule has 0 fully saturated rings. The molecule has 3 nitrogen and oxygen atoms in total. The Morgan fingerprint density at radius 1 is 0.913 bits per heavy atom. The quantitative estimate of drug-likeness (QED) is 0.476. The number of rotatable bonds is 3. The third-order valence-electron chi connectivity index (χ3n) is 3.52. The van der Waals surface area contributed by atoms with Crippen molar-refractivity contribution < 1.29 is 0 Å². The van der Waals surface area contributed by atoms with E-state index in [4.69, 9.17) is 23.2 Å². The van der Waals surface area contributed by atoms with Crippen LogP contribution in [0, 0.1) is 0 Å². The Kier molecular flexibility index (Phi) is 3.89. The van der Waals surface area contributed by atoms with Crippen LogP contribution in [0.2, 0.25) is 10.0 Å². The van der Waals surface area contributed by atoms with Crippen molar-refractivity contribution in [2.75, 3.05) is 0 Å². The molecule has 0 aliphatic carbocycles. The summed E-state index contributed by atoms with van der Waals surface area (Å²) in [5.74, 6) is 0.742. The van der Waals surface area contributed by atoms with Crippen molar-refractivity contribution in [3.8, 4) is 0 Å². The van der Waals surface area contributed by atoms with Crippen molar-refractivity contribution in [3.05, 3.63) is 64.3 Å². The van der Waals surface area contributed by atoms with E-state index in [-0.39, 0.29) is 0 Å². The summed E-state index contributed by atoms with van der Waals surface area (Å²) < 4.78 is 0. The van der Waals surface area contributed by atoms with Gasteiger partial charge in [-0.3, -0.25) is 4.98 Å². The summed E-state index contributed by atoms with van der Waals surface area (Å²) in [6.45, 7) is 0. The van der Waals surface area contributed by atoms with Crippen LogP contribution in [0.1, 0.15) is 5.69 Å². The molecule has 0 saturated heterocycles. The van der Waals surface area contributed by atoms with Crippen LogP contribution in [0.3, 0.4) is 0 Å². The first-order valence-corrected chi connectivity index (χ1v) is 8.75. The van der Waals surface area contributed by atoms with Crippen LogP contribution in [0.25, 0.3) is 21.9 Å². The normalized spacial score (nSPS) is 11.4. The van der Waals surface area contributed by atoms with Crippen LogP contribution in [-0.2, 0) is 5.75 Å². The molecule has 0 amide bonds. The summed E-state index contributed by atoms with van der Waals surface area (Å²) in [4.78, 5) is 12.4. The van der Waals surface area contributed by atoms with Crippen molar-refractivity contribution >= 4 is 56.9 Å². The van der Waals surface area contributed by atoms with Gasteiger partial charge >= 0.3 is 0 Å². The molecular formula is C17H11Cl2N3S. The Hall–Kier alpha value is -1.75. The number of aromatic amines is 1. The lowest BCUT2D eigenvalue weighted by molar-refractivity contribution is 1.07. The first kappa shape index (κ1) is 14.8. The molecule has 0 atom stereocenters. The summed E-state index contributed by atoms with van der Waals surface area (Å²) >= 11 is 13.7. The van der Waals surface area contributed by atoms with Gasteiger partial charge in [-0.1, -0.05) is 59.2 Å². The van der Waals surface area contributed by atoms with Crippen LogP contribution >= 0.6 is 35.0 Å². The Bertz CT molecular complexity index is 974. The number of fused-ring (bicyclic) bond motifs is 2. The highest BCUT2D eigenvalue weighted by molar-refractivity contribution is 7.98. The van der Waals surface area contributed by atoms with E-state index in [0.717, 1.165) is 38.5 Å². The molecule has 0 bridgehead atoms. The predicted molar refractivity (Wildman–Crippen MR) is 97.4 cm³/mol. The van der Waals surface area contributed by atoms with Gasteiger partial charge in [-0.25, -0.2) is 4.98 Å². The maximum Gasteiger partial charge on any atom is 0.166 e. The van der Waals surface area contributed by atoms with Crippen molar-refractivity contribution in [1.29, 1.82) is 0 Å². The van der Waals surface area contributed by atoms with E-state index in [2.05, 4.69) is 27.1 Å². The lowest BCUT2D eigenvalue weighted by Crippen LogP contribution is -1.88. The van der Waals surface area contributed by atoms with Crippen molar-refractivity contribution in [2.24, 2.45) is 0 Å². The van der Waals surface area contributed by atoms with Gasteiger partial charge in [-0.2, -0.15) is 0 Å². The number of hydrogen-bond acceptors (Lipinski definition) is 3. The number of H-pyrrole nitrogens is 1. The van der Waals surface area contributed by atoms with Gasteiger partial charge in [0.25, 0.3) is 0 Å². The molecule has 23 heavy (non-hydrogen) atoms. The molecule has 4 aromatic rings. The monoisotopic (exact) mass is 359 g/mol. The maximum absolute atomic E-state index is 6.03. The number of nitrogens with zero attached hydrogens (tertiary/aromatic N) is 2. The summed E-state index contributed by atoms with van der Waals surface area (Å²) in [5, 5.41) is 3.01. The Morgan fingerprint density at radius 2 is 1.74 bits per heavy atom. The fourth-order valence-electron chi connectivity index (χ4n) is 2.38. The third kappa shape index (κ3) is 3.02. The van der Waals surface area contributed by atoms with E-state index in [9.17, 15) is 0 Å². The first-order valence-electron chi connectivity index (χ1n) is 7.01. The second-order valence-electron chi connectivity index (χ2n) is 5.11. The van der Waals surface area contributed by atoms with Gasteiger partial charge in [0.1, 0.15) is 0 Å². The Labute approximate surface area is 147 Å². The molecule has 0 aliphatic rings. The highest BCUT2D eigenvalue weighted by atomic mass is 35.5. The van der Waals surface area contributed by atoms with Gasteiger partial charge in [0.2, 0.25) is 0 Å². The van der Waals surface area contributed by atoms with E-state index in [1.54, 1.807) is 23.9 Å². The number of thioether (sulfide) groups is 1. The van der Waals surface area contributed by atoms with E-state index in [1.165, 1.54) is 0 Å². The number of benzene rings is 2. The van der Waals surface area contributed by atoms with Gasteiger partial charge in [0, 0.05) is 11.1 Å². The summed E-state index contributed by atoms with van der Waals surface area (Å²) in [6.07, 6.45) is 0. The van der Waals surface area contributed by atoms with E-state index < -0.39 is 0 Å². The standard InChI is InChI=1S/C17H11Cl2N3S/c18-12-7-15-16(8-13(12)19)22-17(21-15)23-9-11-6-5-10-3-1-2-4-14(10)20-11/h1-8H,9H2,(H,21,22). The topological polar surface area (TPSA) is 41.6 Å². The molecule has 0 unspecified atom stereocenters. The van der Waals surface area contributed by atoms with E-state index in [0.29, 0.717) is 10.0 Å². The first-order chi connectivity index (χ1) is 11.2. The SMILES string of the molecule is Clc1cc2nc(SCc3ccc4ccccc4n3)[nH]c2cc1Cl. The molecule has 1 N–H and O–H groups in total. The van der Waals surface area contributed by atoms with Crippen LogP contribution in [0.4, 0.5) is 0 Å². The van der Waals surface area contributed by atoms with Crippen LogP contribution in [0.15, 0.2) is 53.7 Å². The number of halogens is 2. The second kappa shape index (κ2) is 6.04. The third-order valence-corrected chi connectivity index (χ3v) is 5.14. The minimum atomic E-state index is 0.512. The number of nitrogens with one attached hydrogen (secondary N) is 1. The second-order valence-corrected chi connectivity index (χ2v) is 6.89. The molecule has 6 heteroatoms. The highest BCUT2D eigenvalue weighted by Gasteiger charge is 2.08. The van der Waals surface area contributed by atoms with Crippen LogP contribution in [-0.4, -0.2) is 15.0 Å². The maximum atomic E-state index is 6.03. The highest BCUT2D eigenvalue weighted by Crippen LogP contribution is 2.29. The van der Waals surface area contributed by atoms with Gasteiger partial charge in [0.05, 0.1) is 32.3 Å². The van der Waals surface area contributed by atoms with Gasteiger partial charge < -0.3 is 4.98 Å². The predicted octanol–water partition coefficient (Wildman–Crippen LogP) is 5.71. The largest absolute Gasteiger partial charge is 0.333 e. The molecule has 0 spiro atoms. The zero-order valence-corrected chi connectivity index (χ0v) is 14.2. The number of pyridine rings is 1. The fourth-order valence-corrected chi connectivity index (χ4v) is 3.49. The van der Waals surface area contributed by atoms with Crippen molar-refractivity contribution in [1.82, 2.24) is 15.0 Å². The minimum Gasteiger partial charge on any atom is -0.333 e. The van der Waals surface area contributed by atoms with Gasteiger partial charge in [-0.15, -0.1) is 0 Å². The number of aromatic nitrogens is 3. The van der Waals surface area contributed by atoms with Gasteiger partial charge in [0.15, 0.2) is 5.16 Å². The fraction of sp³-hybridized carbons (Fsp3) is 0.0588. The lowest BCUT2D eigenvalue weighted by atomic mass is 10.2. The molecule has 4 rings (SSSR count). The summed E-state index contributed by atoms with van der Waals surface area (Å²) in [5.41, 5.74) is 3.72. The smallest absolute Gasteiger partial charge is 0.166 e. The van der Waals surface area contributed by atoms with Gasteiger partial charge in [-0.05, 0) is 24.3 Å². The molecule has 0 aliphatic heterocycles. The average Bonchev–Trinajstić information content (AvgIpc) is 2.95. The zero-order chi connectivity index (χ0) is 15.8. The van der Waals surface area contributed by atoms with Crippen LogP contribution in [0.5, 0.6) is 0 Å². The van der Waals surface area contributed by atoms with E-state index in [1.807, 2.05) is 24.3 Å². The van der Waals surface area contributed by atoms with Crippen LogP contribution < -0.4 is 0 Å². The Morgan fingerprint density at radius 3 is 2.65 bits per heavy atom. The Balaban J connectivity index is 1.57. The average molecular weight is 360 g/mol. The molecule has 0 radical (unpaired) electrons.